The number of hydrogen-bond acceptors (Lipinski definition) is 5. The molecule has 3 N–H and O–H groups in total. The van der Waals surface area contributed by atoms with Gasteiger partial charge in [-0.05, 0) is 32.4 Å². The molecule has 3 rings (SSSR count). The zero-order chi connectivity index (χ0) is 29.8. The number of hydrogen-bond donors (Lipinski definition) is 3. The second-order valence-corrected chi connectivity index (χ2v) is 10.5. The van der Waals surface area contributed by atoms with E-state index in [0.717, 1.165) is 11.1 Å². The Bertz CT molecular complexity index is 1370. The number of aromatic nitrogens is 1. The van der Waals surface area contributed by atoms with Gasteiger partial charge in [0.25, 0.3) is 11.8 Å². The Labute approximate surface area is 234 Å². The number of fused-ring (bicyclic) bond motifs is 1. The number of carbonyl (C=O) groups is 4. The lowest BCUT2D eigenvalue weighted by atomic mass is 10.00. The minimum atomic E-state index is -1.55. The SMILES string of the molecule is CC(C(=O)N(C)C(Cc1ccccc1)C(=O)N(C)N(C)C)N(C(=O)C(C)(C)NC(=O)O)c1c[nH]c2ccccc12. The first-order chi connectivity index (χ1) is 18.8. The highest BCUT2D eigenvalue weighted by Gasteiger charge is 2.42. The number of rotatable bonds is 10. The van der Waals surface area contributed by atoms with Crippen molar-refractivity contribution in [3.63, 3.8) is 0 Å². The quantitative estimate of drug-likeness (QED) is 0.333. The van der Waals surface area contributed by atoms with Gasteiger partial charge in [0, 0.05) is 51.7 Å². The van der Waals surface area contributed by atoms with Gasteiger partial charge in [0.05, 0.1) is 5.69 Å². The number of carbonyl (C=O) groups excluding carboxylic acids is 3. The number of aromatic amines is 1. The molecule has 0 aliphatic heterocycles. The molecule has 0 bridgehead atoms. The molecule has 2 aromatic carbocycles. The molecule has 0 radical (unpaired) electrons. The van der Waals surface area contributed by atoms with E-state index in [4.69, 9.17) is 0 Å². The van der Waals surface area contributed by atoms with Crippen molar-refractivity contribution >= 4 is 40.4 Å². The van der Waals surface area contributed by atoms with E-state index in [1.54, 1.807) is 46.3 Å². The van der Waals surface area contributed by atoms with Gasteiger partial charge in [-0.25, -0.2) is 9.80 Å². The van der Waals surface area contributed by atoms with Crippen LogP contribution in [0.4, 0.5) is 10.5 Å². The topological polar surface area (TPSA) is 129 Å². The van der Waals surface area contributed by atoms with Crippen molar-refractivity contribution in [3.05, 3.63) is 66.4 Å². The van der Waals surface area contributed by atoms with Crippen molar-refractivity contribution in [2.75, 3.05) is 33.1 Å². The first-order valence-electron chi connectivity index (χ1n) is 12.9. The van der Waals surface area contributed by atoms with Crippen LogP contribution >= 0.6 is 0 Å². The monoisotopic (exact) mass is 550 g/mol. The second kappa shape index (κ2) is 12.2. The van der Waals surface area contributed by atoms with Crippen molar-refractivity contribution in [1.82, 2.24) is 25.2 Å². The third-order valence-corrected chi connectivity index (χ3v) is 7.04. The van der Waals surface area contributed by atoms with E-state index in [9.17, 15) is 24.3 Å². The highest BCUT2D eigenvalue weighted by atomic mass is 16.4. The van der Waals surface area contributed by atoms with Gasteiger partial charge in [-0.2, -0.15) is 0 Å². The molecule has 4 amide bonds. The van der Waals surface area contributed by atoms with E-state index in [1.165, 1.54) is 28.7 Å². The number of benzene rings is 2. The fraction of sp³-hybridized carbons (Fsp3) is 0.379. The van der Waals surface area contributed by atoms with Crippen molar-refractivity contribution < 1.29 is 24.3 Å². The summed E-state index contributed by atoms with van der Waals surface area (Å²) in [5, 5.41) is 15.4. The summed E-state index contributed by atoms with van der Waals surface area (Å²) in [7, 11) is 6.64. The third-order valence-electron chi connectivity index (χ3n) is 7.04. The summed E-state index contributed by atoms with van der Waals surface area (Å²) in [6, 6.07) is 14.7. The molecule has 0 saturated carbocycles. The zero-order valence-corrected chi connectivity index (χ0v) is 24.0. The van der Waals surface area contributed by atoms with Crippen LogP contribution in [0.1, 0.15) is 26.3 Å². The summed E-state index contributed by atoms with van der Waals surface area (Å²) in [4.78, 5) is 58.9. The molecule has 11 heteroatoms. The summed E-state index contributed by atoms with van der Waals surface area (Å²) in [6.07, 6.45) is 0.517. The maximum atomic E-state index is 14.1. The number of H-pyrrole nitrogens is 1. The average Bonchev–Trinajstić information content (AvgIpc) is 3.33. The van der Waals surface area contributed by atoms with Gasteiger partial charge in [0.15, 0.2) is 0 Å². The van der Waals surface area contributed by atoms with E-state index >= 15 is 0 Å². The molecule has 1 heterocycles. The number of nitrogens with one attached hydrogen (secondary N) is 2. The van der Waals surface area contributed by atoms with E-state index in [-0.39, 0.29) is 12.3 Å². The summed E-state index contributed by atoms with van der Waals surface area (Å²) < 4.78 is 0. The fourth-order valence-electron chi connectivity index (χ4n) is 4.57. The lowest BCUT2D eigenvalue weighted by Crippen LogP contribution is -2.61. The van der Waals surface area contributed by atoms with Crippen LogP contribution in [0, 0.1) is 0 Å². The standard InChI is InChI=1S/C29H38N6O5/c1-19(25(36)33(6)23(26(37)34(7)32(4)5)17-20-13-9-8-10-14-20)35(27(38)29(2,3)31-28(39)40)24-18-30-22-16-12-11-15-21(22)24/h8-16,18-19,23,30-31H,17H2,1-7H3,(H,39,40). The zero-order valence-electron chi connectivity index (χ0n) is 24.0. The van der Waals surface area contributed by atoms with Crippen LogP contribution in [0.15, 0.2) is 60.8 Å². The minimum absolute atomic E-state index is 0.264. The van der Waals surface area contributed by atoms with Gasteiger partial charge in [0.2, 0.25) is 5.91 Å². The number of hydrazine groups is 1. The Hall–Kier alpha value is -4.38. The fourth-order valence-corrected chi connectivity index (χ4v) is 4.57. The largest absolute Gasteiger partial charge is 0.465 e. The van der Waals surface area contributed by atoms with Crippen LogP contribution in [0.5, 0.6) is 0 Å². The third kappa shape index (κ3) is 6.42. The molecule has 0 fully saturated rings. The molecule has 0 aliphatic rings. The Morgan fingerprint density at radius 3 is 2.12 bits per heavy atom. The molecule has 214 valence electrons. The Morgan fingerprint density at radius 2 is 1.52 bits per heavy atom. The molecule has 0 saturated heterocycles. The molecule has 2 unspecified atom stereocenters. The molecule has 0 aliphatic carbocycles. The maximum Gasteiger partial charge on any atom is 0.405 e. The molecule has 0 spiro atoms. The van der Waals surface area contributed by atoms with Crippen LogP contribution in [0.3, 0.4) is 0 Å². The number of nitrogens with zero attached hydrogens (tertiary/aromatic N) is 4. The van der Waals surface area contributed by atoms with E-state index in [2.05, 4.69) is 10.3 Å². The van der Waals surface area contributed by atoms with Gasteiger partial charge in [-0.1, -0.05) is 48.5 Å². The molecule has 11 nitrogen and oxygen atoms in total. The highest BCUT2D eigenvalue weighted by molar-refractivity contribution is 6.11. The number of likely N-dealkylation sites (N-methyl/N-ethyl adjacent to an activating group) is 2. The van der Waals surface area contributed by atoms with E-state index in [1.807, 2.05) is 54.6 Å². The normalized spacial score (nSPS) is 13.0. The molecule has 40 heavy (non-hydrogen) atoms. The lowest BCUT2D eigenvalue weighted by Gasteiger charge is -2.39. The van der Waals surface area contributed by atoms with Gasteiger partial charge >= 0.3 is 6.09 Å². The van der Waals surface area contributed by atoms with Crippen LogP contribution < -0.4 is 10.2 Å². The van der Waals surface area contributed by atoms with Crippen LogP contribution in [-0.4, -0.2) is 94.6 Å². The number of amides is 4. The molecular formula is C29H38N6O5. The number of anilines is 1. The first-order valence-corrected chi connectivity index (χ1v) is 12.9. The van der Waals surface area contributed by atoms with Crippen LogP contribution in [0.25, 0.3) is 10.9 Å². The predicted octanol–water partition coefficient (Wildman–Crippen LogP) is 2.94. The minimum Gasteiger partial charge on any atom is -0.465 e. The van der Waals surface area contributed by atoms with Gasteiger partial charge < -0.3 is 20.3 Å². The molecule has 3 aromatic rings. The van der Waals surface area contributed by atoms with Crippen molar-refractivity contribution in [2.24, 2.45) is 0 Å². The van der Waals surface area contributed by atoms with E-state index < -0.39 is 35.5 Å². The lowest BCUT2D eigenvalue weighted by molar-refractivity contribution is -0.152. The van der Waals surface area contributed by atoms with Gasteiger partial charge in [0.1, 0.15) is 17.6 Å². The summed E-state index contributed by atoms with van der Waals surface area (Å²) in [5.41, 5.74) is 0.488. The van der Waals surface area contributed by atoms with Crippen molar-refractivity contribution in [3.8, 4) is 0 Å². The molecule has 2 atom stereocenters. The smallest absolute Gasteiger partial charge is 0.405 e. The van der Waals surface area contributed by atoms with Crippen molar-refractivity contribution in [2.45, 2.75) is 44.8 Å². The Kier molecular flexibility index (Phi) is 9.21. The highest BCUT2D eigenvalue weighted by Crippen LogP contribution is 2.31. The van der Waals surface area contributed by atoms with Crippen LogP contribution in [-0.2, 0) is 20.8 Å². The average molecular weight is 551 g/mol. The summed E-state index contributed by atoms with van der Waals surface area (Å²) >= 11 is 0. The van der Waals surface area contributed by atoms with Gasteiger partial charge in [-0.3, -0.25) is 24.3 Å². The molecular weight excluding hydrogens is 512 g/mol. The Balaban J connectivity index is 2.06. The number of para-hydroxylation sites is 1. The van der Waals surface area contributed by atoms with Gasteiger partial charge in [-0.15, -0.1) is 0 Å². The van der Waals surface area contributed by atoms with Crippen LogP contribution in [0.2, 0.25) is 0 Å². The Morgan fingerprint density at radius 1 is 0.925 bits per heavy atom. The first kappa shape index (κ1) is 30.2. The second-order valence-electron chi connectivity index (χ2n) is 10.5. The number of carboxylic acid groups (broad SMARTS) is 1. The maximum absolute atomic E-state index is 14.1. The van der Waals surface area contributed by atoms with E-state index in [0.29, 0.717) is 11.1 Å². The summed E-state index contributed by atoms with van der Waals surface area (Å²) in [6.45, 7) is 4.47. The van der Waals surface area contributed by atoms with Crippen molar-refractivity contribution in [1.29, 1.82) is 0 Å². The summed E-state index contributed by atoms with van der Waals surface area (Å²) in [5.74, 6) is -1.40. The predicted molar refractivity (Wildman–Crippen MR) is 154 cm³/mol. The molecule has 1 aromatic heterocycles.